The van der Waals surface area contributed by atoms with Crippen LogP contribution >= 0.6 is 22.7 Å². The average molecular weight is 1900 g/mol. The highest BCUT2D eigenvalue weighted by Gasteiger charge is 2.47. The summed E-state index contributed by atoms with van der Waals surface area (Å²) in [5.74, 6) is 0.282. The second kappa shape index (κ2) is 53.2. The summed E-state index contributed by atoms with van der Waals surface area (Å²) in [5, 5.41) is 10.8. The van der Waals surface area contributed by atoms with Gasteiger partial charge in [-0.3, -0.25) is 20.0 Å². The van der Waals surface area contributed by atoms with Crippen LogP contribution in [0, 0.1) is 130 Å². The molecule has 0 saturated carbocycles. The van der Waals surface area contributed by atoms with E-state index in [1.807, 2.05) is 167 Å². The molecule has 7 heterocycles. The van der Waals surface area contributed by atoms with Crippen molar-refractivity contribution >= 4 is 58.8 Å². The van der Waals surface area contributed by atoms with E-state index in [2.05, 4.69) is 347 Å². The minimum absolute atomic E-state index is 0.141. The van der Waals surface area contributed by atoms with Crippen LogP contribution in [0.5, 0.6) is 0 Å². The molecule has 17 aromatic rings. The summed E-state index contributed by atoms with van der Waals surface area (Å²) in [6, 6.07) is 117. The van der Waals surface area contributed by atoms with Crippen molar-refractivity contribution in [2.24, 2.45) is 16.9 Å². The Kier molecular flexibility index (Phi) is 41.3. The third kappa shape index (κ3) is 33.2. The molecular weight excluding hydrogens is 1760 g/mol. The van der Waals surface area contributed by atoms with Crippen LogP contribution in [0.3, 0.4) is 0 Å². The first-order valence-electron chi connectivity index (χ1n) is 47.7. The predicted molar refractivity (Wildman–Crippen MR) is 590 cm³/mol. The van der Waals surface area contributed by atoms with Gasteiger partial charge in [0.2, 0.25) is 9.84 Å². The molecule has 2 aliphatic heterocycles. The van der Waals surface area contributed by atoms with Gasteiger partial charge in [-0.05, 0) is 322 Å². The maximum atomic E-state index is 13.3. The molecule has 1 saturated heterocycles. The zero-order valence-corrected chi connectivity index (χ0v) is 87.9. The van der Waals surface area contributed by atoms with Crippen LogP contribution in [0.4, 0.5) is 0 Å². The number of sulfone groups is 2. The van der Waals surface area contributed by atoms with Gasteiger partial charge in [0.1, 0.15) is 0 Å². The fraction of sp³-hybridized carbons (Fsp3) is 0.248. The number of hydrazone groups is 1. The fourth-order valence-corrected chi connectivity index (χ4v) is 22.2. The lowest BCUT2D eigenvalue weighted by Gasteiger charge is -2.39. The van der Waals surface area contributed by atoms with E-state index in [1.54, 1.807) is 48.5 Å². The first kappa shape index (κ1) is 107. The van der Waals surface area contributed by atoms with Gasteiger partial charge in [-0.2, -0.15) is 5.10 Å². The summed E-state index contributed by atoms with van der Waals surface area (Å²) in [7, 11) is -6.64. The van der Waals surface area contributed by atoms with Crippen molar-refractivity contribution in [1.29, 1.82) is 0 Å². The number of nitrogens with zero attached hydrogens (tertiary/aromatic N) is 5. The Balaban J connectivity index is 0.000000160. The molecule has 5 aromatic heterocycles. The van der Waals surface area contributed by atoms with Crippen molar-refractivity contribution in [1.82, 2.24) is 20.0 Å². The van der Waals surface area contributed by atoms with E-state index in [0.717, 1.165) is 71.6 Å². The van der Waals surface area contributed by atoms with Gasteiger partial charge >= 0.3 is 0 Å². The van der Waals surface area contributed by atoms with Crippen molar-refractivity contribution in [2.45, 2.75) is 197 Å². The Morgan fingerprint density at radius 3 is 1.12 bits per heavy atom. The summed E-state index contributed by atoms with van der Waals surface area (Å²) in [5.41, 5.74) is 31.9. The summed E-state index contributed by atoms with van der Waals surface area (Å²) >= 11 is 3.67. The molecule has 2 aliphatic rings. The predicted octanol–water partition coefficient (Wildman–Crippen LogP) is 32.9. The number of fused-ring (bicyclic) bond motifs is 1. The largest absolute Gasteiger partial charge is 0.294 e. The zero-order valence-electron chi connectivity index (χ0n) is 84.6. The number of aryl methyl sites for hydroxylation is 16. The van der Waals surface area contributed by atoms with Gasteiger partial charge in [-0.1, -0.05) is 338 Å². The van der Waals surface area contributed by atoms with Gasteiger partial charge in [-0.25, -0.2) is 16.8 Å². The van der Waals surface area contributed by atoms with Gasteiger partial charge in [-0.15, -0.1) is 22.7 Å². The molecule has 0 N–H and O–H groups in total. The Morgan fingerprint density at radius 1 is 0.370 bits per heavy atom. The normalized spacial score (nSPS) is 14.7. The van der Waals surface area contributed by atoms with E-state index in [-0.39, 0.29) is 11.8 Å². The molecule has 19 rings (SSSR count). The Morgan fingerprint density at radius 2 is 0.761 bits per heavy atom. The second-order valence-electron chi connectivity index (χ2n) is 36.7. The fourth-order valence-electron chi connectivity index (χ4n) is 16.4. The highest BCUT2D eigenvalue weighted by molar-refractivity contribution is 7.92. The lowest BCUT2D eigenvalue weighted by Crippen LogP contribution is -2.35. The molecule has 12 aromatic carbocycles. The number of aromatic nitrogens is 3. The Labute approximate surface area is 834 Å². The Hall–Kier alpha value is -12.9. The summed E-state index contributed by atoms with van der Waals surface area (Å²) in [4.78, 5) is 17.8. The van der Waals surface area contributed by atoms with Crippen LogP contribution < -0.4 is 0 Å². The minimum Gasteiger partial charge on any atom is -0.294 e. The van der Waals surface area contributed by atoms with Crippen molar-refractivity contribution < 1.29 is 16.8 Å². The molecule has 138 heavy (non-hydrogen) atoms. The highest BCUT2D eigenvalue weighted by atomic mass is 32.2. The molecular formula is C125H139N5O4S4. The maximum absolute atomic E-state index is 13.3. The maximum Gasteiger partial charge on any atom is 0.206 e. The molecule has 5 unspecified atom stereocenters. The topological polar surface area (TPSA) is 123 Å². The van der Waals surface area contributed by atoms with Crippen LogP contribution in [0.1, 0.15) is 172 Å². The molecule has 0 bridgehead atoms. The third-order valence-electron chi connectivity index (χ3n) is 24.6. The summed E-state index contributed by atoms with van der Waals surface area (Å²) in [6.07, 6.45) is 9.82. The van der Waals surface area contributed by atoms with E-state index < -0.39 is 30.2 Å². The van der Waals surface area contributed by atoms with Crippen molar-refractivity contribution in [3.05, 3.63) is 490 Å². The number of hydrogen-bond acceptors (Lipinski definition) is 11. The van der Waals surface area contributed by atoms with Gasteiger partial charge in [0, 0.05) is 63.6 Å². The van der Waals surface area contributed by atoms with E-state index >= 15 is 0 Å². The van der Waals surface area contributed by atoms with Crippen molar-refractivity contribution in [3.8, 4) is 33.6 Å². The van der Waals surface area contributed by atoms with Crippen LogP contribution in [-0.2, 0) is 32.5 Å². The molecule has 0 radical (unpaired) electrons. The van der Waals surface area contributed by atoms with Crippen LogP contribution in [0.15, 0.2) is 385 Å². The van der Waals surface area contributed by atoms with Crippen molar-refractivity contribution in [2.75, 3.05) is 6.54 Å². The van der Waals surface area contributed by atoms with Crippen LogP contribution in [0.25, 0.3) is 44.4 Å². The first-order chi connectivity index (χ1) is 66.1. The smallest absolute Gasteiger partial charge is 0.206 e. The van der Waals surface area contributed by atoms with E-state index in [9.17, 15) is 16.8 Å². The zero-order chi connectivity index (χ0) is 99.4. The quantitative estimate of drug-likeness (QED) is 0.119. The molecule has 712 valence electrons. The second-order valence-corrected chi connectivity index (χ2v) is 43.4. The molecule has 9 nitrogen and oxygen atoms in total. The van der Waals surface area contributed by atoms with Gasteiger partial charge in [0.25, 0.3) is 0 Å². The highest BCUT2D eigenvalue weighted by Crippen LogP contribution is 2.50. The molecule has 0 aliphatic carbocycles. The van der Waals surface area contributed by atoms with Gasteiger partial charge < -0.3 is 0 Å². The Bertz CT molecular complexity index is 6460. The van der Waals surface area contributed by atoms with Crippen LogP contribution in [-0.4, -0.2) is 55.1 Å². The van der Waals surface area contributed by atoms with E-state index in [1.165, 1.54) is 131 Å². The van der Waals surface area contributed by atoms with E-state index in [0.29, 0.717) is 15.8 Å². The van der Waals surface area contributed by atoms with Crippen molar-refractivity contribution in [3.63, 3.8) is 0 Å². The molecule has 13 heteroatoms. The number of hydrogen-bond donors (Lipinski definition) is 0. The van der Waals surface area contributed by atoms with Crippen LogP contribution in [0.2, 0.25) is 0 Å². The molecule has 1 fully saturated rings. The average Bonchev–Trinajstić information content (AvgIpc) is 0.944. The van der Waals surface area contributed by atoms with E-state index in [4.69, 9.17) is 0 Å². The lowest BCUT2D eigenvalue weighted by molar-refractivity contribution is 0.248. The van der Waals surface area contributed by atoms with Gasteiger partial charge in [0.05, 0.1) is 31.7 Å². The number of thiophene rings is 2. The summed E-state index contributed by atoms with van der Waals surface area (Å²) in [6.45, 7) is 45.1. The lowest BCUT2D eigenvalue weighted by atomic mass is 9.86. The molecule has 0 spiro atoms. The number of benzene rings is 12. The first-order valence-corrected chi connectivity index (χ1v) is 52.5. The monoisotopic (exact) mass is 1900 g/mol. The molecule has 0 amide bonds. The molecule has 5 atom stereocenters. The summed E-state index contributed by atoms with van der Waals surface area (Å²) < 4.78 is 51.2. The third-order valence-corrected chi connectivity index (χ3v) is 31.3. The number of rotatable bonds is 12. The number of pyridine rings is 3. The standard InChI is InChI=1S/C19H22O2S.C15H16.C14H14O2S.C14H14.C13H18N2.C13H13N.C12H12N2.C12H12.C7H10S.C6H8S/c1-14-13-15(2)19(17-11-7-4-8-12-17)22(20,21)18(14)16-9-5-3-6-10-16;1-12-7-3-5-9-14(12)11-15-10-6-4-8-13(15)2;1-11-3-7-13(8-4-11)17(15,16)14-9-5-12(2)6-10-14;1-11-3-7-13(8-4-11)14-9-5-12(2)6-10-14;1-11-10-12(2)15(14-11)9-8-13-6-4-3-5-7-13;1-10-9-14-11(2)8-13(10)12-6-4-3-5-7-12;1-9-3-5-11(13-7-9)12-6-4-10(2)8-14-12;1-9-3-5-12-8-10(2)4-6-11(12)7-9;1-5-4-8-7(3)6(5)2;1-5-3-4-6(2)7-5/h3-12,14-15,18-19H,13H2,1-2H3;3-10H,11H2,1-2H3;3-10H,1-2H3;3-10H,1-2H3;3-7,12H,8-10H2,1-2H3;3-9H,1-2H3;3-8H,1-2H3;3-8H,1-2H3;4H,1-3H3;3-4H,1-2H3. The SMILES string of the molecule is CC1=NN(CCc2ccccc2)C(C)C1.CC1CC(C)C(c2ccccc2)S(=O)(=O)C1c1ccccc1.Cc1cc(-c2ccccc2)c(C)cn1.Cc1ccc(-c2ccc(C)cc2)cc1.Cc1ccc(-c2ccc(C)cn2)nc1.Cc1ccc(C)s1.Cc1ccc(S(=O)(=O)c2ccc(C)cc2)cc1.Cc1ccc2cc(C)ccc2c1.Cc1ccccc1Cc1ccccc1C.Cc1csc(C)c1C. The minimum atomic E-state index is -3.37. The van der Waals surface area contributed by atoms with Gasteiger partial charge in [0.15, 0.2) is 9.84 Å².